The first kappa shape index (κ1) is 15.6. The fourth-order valence-electron chi connectivity index (χ4n) is 2.40. The number of aryl methyl sites for hydroxylation is 4. The summed E-state index contributed by atoms with van der Waals surface area (Å²) in [4.78, 5) is 10.9. The van der Waals surface area contributed by atoms with Crippen molar-refractivity contribution in [2.24, 2.45) is 7.05 Å². The topological polar surface area (TPSA) is 44.1 Å². The number of carbonyl (C=O) groups excluding carboxylic acids is 1. The van der Waals surface area contributed by atoms with Crippen molar-refractivity contribution in [3.63, 3.8) is 0 Å². The summed E-state index contributed by atoms with van der Waals surface area (Å²) in [7, 11) is 1.86. The van der Waals surface area contributed by atoms with Gasteiger partial charge in [0.25, 0.3) is 0 Å². The van der Waals surface area contributed by atoms with Gasteiger partial charge in [-0.2, -0.15) is 5.10 Å². The molecular formula is C16H19ClN2O2. The summed E-state index contributed by atoms with van der Waals surface area (Å²) in [6.45, 7) is 6.23. The number of aromatic nitrogens is 2. The molecule has 0 bridgehead atoms. The number of nitrogens with zero attached hydrogens (tertiary/aromatic N) is 2. The number of rotatable bonds is 5. The molecule has 5 heteroatoms. The van der Waals surface area contributed by atoms with E-state index < -0.39 is 0 Å². The Kier molecular flexibility index (Phi) is 4.68. The van der Waals surface area contributed by atoms with Crippen LogP contribution in [0, 0.1) is 13.8 Å². The summed E-state index contributed by atoms with van der Waals surface area (Å²) in [6.07, 6.45) is 1.63. The summed E-state index contributed by atoms with van der Waals surface area (Å²) >= 11 is 6.31. The monoisotopic (exact) mass is 306 g/mol. The first-order chi connectivity index (χ1) is 9.97. The fourth-order valence-corrected chi connectivity index (χ4v) is 2.74. The highest BCUT2D eigenvalue weighted by molar-refractivity contribution is 6.31. The van der Waals surface area contributed by atoms with E-state index in [1.54, 1.807) is 4.68 Å². The molecule has 1 aromatic carbocycles. The second-order valence-corrected chi connectivity index (χ2v) is 5.45. The normalized spacial score (nSPS) is 10.7. The molecular weight excluding hydrogens is 288 g/mol. The third-order valence-corrected chi connectivity index (χ3v) is 3.91. The van der Waals surface area contributed by atoms with E-state index in [1.807, 2.05) is 40.0 Å². The minimum absolute atomic E-state index is 0.352. The molecule has 0 amide bonds. The quantitative estimate of drug-likeness (QED) is 0.792. The number of carbonyl (C=O) groups is 1. The smallest absolute Gasteiger partial charge is 0.150 e. The first-order valence-electron chi connectivity index (χ1n) is 6.87. The van der Waals surface area contributed by atoms with Crippen LogP contribution in [0.25, 0.3) is 0 Å². The lowest BCUT2D eigenvalue weighted by molar-refractivity contribution is 0.112. The van der Waals surface area contributed by atoms with Gasteiger partial charge in [-0.15, -0.1) is 0 Å². The second kappa shape index (κ2) is 6.31. The molecule has 21 heavy (non-hydrogen) atoms. The van der Waals surface area contributed by atoms with Crippen LogP contribution in [-0.4, -0.2) is 16.1 Å². The van der Waals surface area contributed by atoms with Gasteiger partial charge in [-0.25, -0.2) is 0 Å². The van der Waals surface area contributed by atoms with Crippen LogP contribution in [0.15, 0.2) is 12.1 Å². The standard InChI is InChI=1S/C16H19ClN2O2/c1-5-13-15(17)14(19(4)18-13)9-21-16-10(2)6-12(8-20)7-11(16)3/h6-8H,5,9H2,1-4H3. The zero-order valence-electron chi connectivity index (χ0n) is 12.7. The third kappa shape index (κ3) is 3.10. The number of aldehydes is 1. The van der Waals surface area contributed by atoms with Crippen molar-refractivity contribution < 1.29 is 9.53 Å². The van der Waals surface area contributed by atoms with Gasteiger partial charge >= 0.3 is 0 Å². The van der Waals surface area contributed by atoms with Gasteiger partial charge in [0.2, 0.25) is 0 Å². The van der Waals surface area contributed by atoms with E-state index in [0.29, 0.717) is 17.2 Å². The van der Waals surface area contributed by atoms with Crippen LogP contribution in [0.3, 0.4) is 0 Å². The lowest BCUT2D eigenvalue weighted by atomic mass is 10.1. The molecule has 0 spiro atoms. The molecule has 0 unspecified atom stereocenters. The third-order valence-electron chi connectivity index (χ3n) is 3.47. The molecule has 0 aliphatic carbocycles. The summed E-state index contributed by atoms with van der Waals surface area (Å²) < 4.78 is 7.67. The second-order valence-electron chi connectivity index (χ2n) is 5.07. The van der Waals surface area contributed by atoms with E-state index in [1.165, 1.54) is 0 Å². The maximum absolute atomic E-state index is 10.9. The molecule has 0 saturated heterocycles. The van der Waals surface area contributed by atoms with Crippen LogP contribution in [-0.2, 0) is 20.1 Å². The predicted octanol–water partition coefficient (Wildman–Crippen LogP) is 3.64. The van der Waals surface area contributed by atoms with Crippen LogP contribution in [0.5, 0.6) is 5.75 Å². The van der Waals surface area contributed by atoms with Gasteiger partial charge in [-0.1, -0.05) is 18.5 Å². The van der Waals surface area contributed by atoms with Crippen LogP contribution in [0.4, 0.5) is 0 Å². The molecule has 0 fully saturated rings. The van der Waals surface area contributed by atoms with Gasteiger partial charge in [0.1, 0.15) is 18.6 Å². The highest BCUT2D eigenvalue weighted by Gasteiger charge is 2.14. The molecule has 0 radical (unpaired) electrons. The SMILES string of the molecule is CCc1nn(C)c(COc2c(C)cc(C=O)cc2C)c1Cl. The molecule has 0 aliphatic heterocycles. The van der Waals surface area contributed by atoms with Crippen LogP contribution in [0.1, 0.15) is 39.8 Å². The van der Waals surface area contributed by atoms with E-state index in [0.717, 1.165) is 41.0 Å². The number of hydrogen-bond donors (Lipinski definition) is 0. The van der Waals surface area contributed by atoms with Crippen LogP contribution >= 0.6 is 11.6 Å². The predicted molar refractivity (Wildman–Crippen MR) is 83.2 cm³/mol. The van der Waals surface area contributed by atoms with Gasteiger partial charge in [-0.05, 0) is 43.5 Å². The number of ether oxygens (including phenoxy) is 1. The fraction of sp³-hybridized carbons (Fsp3) is 0.375. The van der Waals surface area contributed by atoms with Crippen molar-refractivity contribution in [1.82, 2.24) is 9.78 Å². The number of benzene rings is 1. The first-order valence-corrected chi connectivity index (χ1v) is 7.25. The molecule has 112 valence electrons. The molecule has 0 N–H and O–H groups in total. The molecule has 0 aliphatic rings. The maximum atomic E-state index is 10.9. The average molecular weight is 307 g/mol. The Balaban J connectivity index is 2.25. The van der Waals surface area contributed by atoms with Crippen molar-refractivity contribution in [2.75, 3.05) is 0 Å². The average Bonchev–Trinajstić information content (AvgIpc) is 2.72. The highest BCUT2D eigenvalue weighted by Crippen LogP contribution is 2.27. The lowest BCUT2D eigenvalue weighted by Crippen LogP contribution is -2.05. The molecule has 1 aromatic heterocycles. The molecule has 1 heterocycles. The van der Waals surface area contributed by atoms with Gasteiger partial charge in [0.15, 0.2) is 0 Å². The largest absolute Gasteiger partial charge is 0.487 e. The summed E-state index contributed by atoms with van der Waals surface area (Å²) in [5.41, 5.74) is 4.26. The van der Waals surface area contributed by atoms with Gasteiger partial charge in [0, 0.05) is 12.6 Å². The number of halogens is 1. The Hall–Kier alpha value is -1.81. The van der Waals surface area contributed by atoms with Gasteiger partial charge < -0.3 is 4.74 Å². The lowest BCUT2D eigenvalue weighted by Gasteiger charge is -2.13. The van der Waals surface area contributed by atoms with Crippen molar-refractivity contribution in [3.8, 4) is 5.75 Å². The molecule has 0 atom stereocenters. The zero-order valence-corrected chi connectivity index (χ0v) is 13.5. The Morgan fingerprint density at radius 2 is 1.95 bits per heavy atom. The maximum Gasteiger partial charge on any atom is 0.150 e. The van der Waals surface area contributed by atoms with E-state index in [-0.39, 0.29) is 0 Å². The molecule has 4 nitrogen and oxygen atoms in total. The summed E-state index contributed by atoms with van der Waals surface area (Å²) in [5, 5.41) is 5.04. The zero-order chi connectivity index (χ0) is 15.6. The Labute approximate surface area is 129 Å². The molecule has 2 aromatic rings. The van der Waals surface area contributed by atoms with Crippen LogP contribution in [0.2, 0.25) is 5.02 Å². The number of hydrogen-bond acceptors (Lipinski definition) is 3. The Morgan fingerprint density at radius 3 is 2.43 bits per heavy atom. The minimum Gasteiger partial charge on any atom is -0.487 e. The van der Waals surface area contributed by atoms with Crippen LogP contribution < -0.4 is 4.74 Å². The van der Waals surface area contributed by atoms with E-state index >= 15 is 0 Å². The highest BCUT2D eigenvalue weighted by atomic mass is 35.5. The molecule has 0 saturated carbocycles. The summed E-state index contributed by atoms with van der Waals surface area (Å²) in [6, 6.07) is 3.63. The van der Waals surface area contributed by atoms with E-state index in [4.69, 9.17) is 16.3 Å². The Morgan fingerprint density at radius 1 is 1.33 bits per heavy atom. The summed E-state index contributed by atoms with van der Waals surface area (Å²) in [5.74, 6) is 0.788. The van der Waals surface area contributed by atoms with Crippen molar-refractivity contribution >= 4 is 17.9 Å². The van der Waals surface area contributed by atoms with E-state index in [9.17, 15) is 4.79 Å². The van der Waals surface area contributed by atoms with Crippen molar-refractivity contribution in [2.45, 2.75) is 33.8 Å². The van der Waals surface area contributed by atoms with Crippen molar-refractivity contribution in [3.05, 3.63) is 45.2 Å². The Bertz CT molecular complexity index is 654. The van der Waals surface area contributed by atoms with E-state index in [2.05, 4.69) is 5.10 Å². The van der Waals surface area contributed by atoms with Gasteiger partial charge in [-0.3, -0.25) is 9.48 Å². The van der Waals surface area contributed by atoms with Crippen molar-refractivity contribution in [1.29, 1.82) is 0 Å². The molecule has 2 rings (SSSR count). The minimum atomic E-state index is 0.352. The van der Waals surface area contributed by atoms with Gasteiger partial charge in [0.05, 0.1) is 16.4 Å².